The lowest BCUT2D eigenvalue weighted by atomic mass is 10.2. The fraction of sp³-hybridized carbons (Fsp3) is 0.750. The fourth-order valence-electron chi connectivity index (χ4n) is 1.44. The molecule has 1 N–H and O–H groups in total. The third-order valence-electron chi connectivity index (χ3n) is 2.35. The van der Waals surface area contributed by atoms with Crippen LogP contribution in [0.15, 0.2) is 15.9 Å². The first-order valence-corrected chi connectivity index (χ1v) is 6.99. The topological polar surface area (TPSA) is 38.1 Å². The number of aryl methyl sites for hydroxylation is 1. The molecule has 0 bridgehead atoms. The number of hydrogen-bond acceptors (Lipinski definition) is 4. The van der Waals surface area contributed by atoms with Gasteiger partial charge in [0.15, 0.2) is 0 Å². The first-order chi connectivity index (χ1) is 7.72. The van der Waals surface area contributed by atoms with E-state index in [9.17, 15) is 0 Å². The van der Waals surface area contributed by atoms with Crippen molar-refractivity contribution in [3.8, 4) is 0 Å². The van der Waals surface area contributed by atoms with Crippen LogP contribution in [0.1, 0.15) is 38.8 Å². The second-order valence-electron chi connectivity index (χ2n) is 4.10. The number of oxazole rings is 1. The van der Waals surface area contributed by atoms with Gasteiger partial charge >= 0.3 is 0 Å². The molecule has 1 aromatic rings. The average Bonchev–Trinajstić information content (AvgIpc) is 2.67. The highest BCUT2D eigenvalue weighted by atomic mass is 32.2. The van der Waals surface area contributed by atoms with Crippen molar-refractivity contribution in [2.75, 3.05) is 12.3 Å². The Morgan fingerprint density at radius 2 is 2.38 bits per heavy atom. The Labute approximate surface area is 102 Å². The quantitative estimate of drug-likeness (QED) is 0.561. The summed E-state index contributed by atoms with van der Waals surface area (Å²) < 4.78 is 5.27. The van der Waals surface area contributed by atoms with Gasteiger partial charge in [0.25, 0.3) is 5.22 Å². The number of rotatable bonds is 8. The Morgan fingerprint density at radius 1 is 1.56 bits per heavy atom. The average molecular weight is 242 g/mol. The summed E-state index contributed by atoms with van der Waals surface area (Å²) in [7, 11) is 0. The van der Waals surface area contributed by atoms with E-state index < -0.39 is 0 Å². The standard InChI is InChI=1S/C12H22N2OS/c1-4-7-13-10(2)6-5-8-16-12-14-11(3)9-15-12/h9-10,13H,4-8H2,1-3H3. The molecular formula is C12H22N2OS. The van der Waals surface area contributed by atoms with Crippen LogP contribution in [0.2, 0.25) is 0 Å². The van der Waals surface area contributed by atoms with Crippen LogP contribution < -0.4 is 5.32 Å². The molecule has 0 aliphatic carbocycles. The van der Waals surface area contributed by atoms with E-state index in [-0.39, 0.29) is 0 Å². The molecule has 1 heterocycles. The molecule has 0 fully saturated rings. The van der Waals surface area contributed by atoms with Crippen LogP contribution in [-0.2, 0) is 0 Å². The molecule has 0 spiro atoms. The normalized spacial score (nSPS) is 12.9. The predicted molar refractivity (Wildman–Crippen MR) is 69.0 cm³/mol. The maximum Gasteiger partial charge on any atom is 0.255 e. The highest BCUT2D eigenvalue weighted by Gasteiger charge is 2.03. The Morgan fingerprint density at radius 3 is 3.00 bits per heavy atom. The second-order valence-corrected chi connectivity index (χ2v) is 5.15. The van der Waals surface area contributed by atoms with Gasteiger partial charge in [-0.25, -0.2) is 4.98 Å². The van der Waals surface area contributed by atoms with Crippen LogP contribution in [0.25, 0.3) is 0 Å². The predicted octanol–water partition coefficient (Wildman–Crippen LogP) is 3.24. The molecule has 0 aliphatic heterocycles. The minimum atomic E-state index is 0.617. The number of thioether (sulfide) groups is 1. The van der Waals surface area contributed by atoms with E-state index in [2.05, 4.69) is 24.1 Å². The molecule has 0 aromatic carbocycles. The van der Waals surface area contributed by atoms with E-state index in [1.807, 2.05) is 6.92 Å². The van der Waals surface area contributed by atoms with Crippen molar-refractivity contribution in [2.45, 2.75) is 51.3 Å². The molecule has 0 saturated heterocycles. The zero-order valence-corrected chi connectivity index (χ0v) is 11.3. The summed E-state index contributed by atoms with van der Waals surface area (Å²) in [5.74, 6) is 1.08. The SMILES string of the molecule is CCCNC(C)CCCSc1nc(C)co1. The summed E-state index contributed by atoms with van der Waals surface area (Å²) >= 11 is 1.70. The van der Waals surface area contributed by atoms with Gasteiger partial charge in [0.1, 0.15) is 6.26 Å². The van der Waals surface area contributed by atoms with Gasteiger partial charge in [0, 0.05) is 11.8 Å². The van der Waals surface area contributed by atoms with Gasteiger partial charge in [-0.2, -0.15) is 0 Å². The molecule has 0 aliphatic rings. The summed E-state index contributed by atoms with van der Waals surface area (Å²) in [6, 6.07) is 0.617. The maximum absolute atomic E-state index is 5.27. The van der Waals surface area contributed by atoms with E-state index in [0.29, 0.717) is 6.04 Å². The van der Waals surface area contributed by atoms with Crippen molar-refractivity contribution in [1.82, 2.24) is 10.3 Å². The number of hydrogen-bond donors (Lipinski definition) is 1. The lowest BCUT2D eigenvalue weighted by molar-refractivity contribution is 0.453. The molecule has 92 valence electrons. The Kier molecular flexibility index (Phi) is 6.57. The lowest BCUT2D eigenvalue weighted by Gasteiger charge is -2.11. The van der Waals surface area contributed by atoms with Crippen molar-refractivity contribution < 1.29 is 4.42 Å². The van der Waals surface area contributed by atoms with Crippen LogP contribution in [0, 0.1) is 6.92 Å². The van der Waals surface area contributed by atoms with Gasteiger partial charge in [-0.15, -0.1) is 0 Å². The summed E-state index contributed by atoms with van der Waals surface area (Å²) in [4.78, 5) is 4.26. The van der Waals surface area contributed by atoms with Crippen molar-refractivity contribution in [3.05, 3.63) is 12.0 Å². The Hall–Kier alpha value is -0.480. The molecule has 0 radical (unpaired) electrons. The first kappa shape index (κ1) is 13.6. The third kappa shape index (κ3) is 5.56. The van der Waals surface area contributed by atoms with Gasteiger partial charge in [-0.05, 0) is 39.7 Å². The summed E-state index contributed by atoms with van der Waals surface area (Å²) in [6.45, 7) is 7.51. The van der Waals surface area contributed by atoms with Gasteiger partial charge in [0.05, 0.1) is 5.69 Å². The molecule has 1 aromatic heterocycles. The zero-order valence-electron chi connectivity index (χ0n) is 10.5. The summed E-state index contributed by atoms with van der Waals surface area (Å²) in [5.41, 5.74) is 0.959. The van der Waals surface area contributed by atoms with E-state index in [1.54, 1.807) is 18.0 Å². The number of nitrogens with zero attached hydrogens (tertiary/aromatic N) is 1. The van der Waals surface area contributed by atoms with E-state index >= 15 is 0 Å². The highest BCUT2D eigenvalue weighted by Crippen LogP contribution is 2.18. The largest absolute Gasteiger partial charge is 0.440 e. The van der Waals surface area contributed by atoms with Crippen molar-refractivity contribution in [2.24, 2.45) is 0 Å². The molecule has 1 atom stereocenters. The van der Waals surface area contributed by atoms with Crippen molar-refractivity contribution >= 4 is 11.8 Å². The van der Waals surface area contributed by atoms with E-state index in [1.165, 1.54) is 19.3 Å². The zero-order chi connectivity index (χ0) is 11.8. The fourth-order valence-corrected chi connectivity index (χ4v) is 2.25. The molecule has 1 rings (SSSR count). The molecule has 1 unspecified atom stereocenters. The Bertz CT molecular complexity index is 288. The minimum absolute atomic E-state index is 0.617. The smallest absolute Gasteiger partial charge is 0.255 e. The second kappa shape index (κ2) is 7.74. The van der Waals surface area contributed by atoms with Crippen LogP contribution >= 0.6 is 11.8 Å². The molecular weight excluding hydrogens is 220 g/mol. The van der Waals surface area contributed by atoms with E-state index in [0.717, 1.165) is 23.2 Å². The van der Waals surface area contributed by atoms with Crippen LogP contribution in [0.4, 0.5) is 0 Å². The summed E-state index contributed by atoms with van der Waals surface area (Å²) in [6.07, 6.45) is 5.32. The van der Waals surface area contributed by atoms with Crippen LogP contribution in [0.5, 0.6) is 0 Å². The van der Waals surface area contributed by atoms with Gasteiger partial charge in [-0.3, -0.25) is 0 Å². The van der Waals surface area contributed by atoms with Crippen LogP contribution in [-0.4, -0.2) is 23.3 Å². The minimum Gasteiger partial charge on any atom is -0.440 e. The van der Waals surface area contributed by atoms with Crippen LogP contribution in [0.3, 0.4) is 0 Å². The molecule has 3 nitrogen and oxygen atoms in total. The number of nitrogens with one attached hydrogen (secondary N) is 1. The van der Waals surface area contributed by atoms with Gasteiger partial charge in [0.2, 0.25) is 0 Å². The highest BCUT2D eigenvalue weighted by molar-refractivity contribution is 7.99. The first-order valence-electron chi connectivity index (χ1n) is 6.00. The lowest BCUT2D eigenvalue weighted by Crippen LogP contribution is -2.26. The number of aromatic nitrogens is 1. The molecule has 0 amide bonds. The van der Waals surface area contributed by atoms with E-state index in [4.69, 9.17) is 4.42 Å². The van der Waals surface area contributed by atoms with Gasteiger partial charge in [-0.1, -0.05) is 18.7 Å². The molecule has 4 heteroatoms. The van der Waals surface area contributed by atoms with Gasteiger partial charge < -0.3 is 9.73 Å². The molecule has 16 heavy (non-hydrogen) atoms. The monoisotopic (exact) mass is 242 g/mol. The molecule has 0 saturated carbocycles. The van der Waals surface area contributed by atoms with Crippen molar-refractivity contribution in [1.29, 1.82) is 0 Å². The maximum atomic E-state index is 5.27. The third-order valence-corrected chi connectivity index (χ3v) is 3.28. The summed E-state index contributed by atoms with van der Waals surface area (Å²) in [5, 5.41) is 4.28. The van der Waals surface area contributed by atoms with Crippen molar-refractivity contribution in [3.63, 3.8) is 0 Å². The Balaban J connectivity index is 2.03.